The molecular weight excluding hydrogens is 270 g/mol. The van der Waals surface area contributed by atoms with Crippen molar-refractivity contribution in [3.63, 3.8) is 0 Å². The van der Waals surface area contributed by atoms with Crippen LogP contribution in [0.25, 0.3) is 0 Å². The zero-order chi connectivity index (χ0) is 14.8. The molecule has 21 heavy (non-hydrogen) atoms. The number of nitrogens with zero attached hydrogens (tertiary/aromatic N) is 4. The Hall–Kier alpha value is -2.44. The molecular formula is C14H17N5O2. The summed E-state index contributed by atoms with van der Waals surface area (Å²) in [5.74, 6) is 1.26. The number of hydrogen-bond donors (Lipinski definition) is 1. The molecule has 1 aliphatic carbocycles. The van der Waals surface area contributed by atoms with Crippen molar-refractivity contribution in [2.75, 3.05) is 7.11 Å². The van der Waals surface area contributed by atoms with Gasteiger partial charge in [-0.2, -0.15) is 0 Å². The van der Waals surface area contributed by atoms with Gasteiger partial charge in [-0.1, -0.05) is 0 Å². The van der Waals surface area contributed by atoms with Crippen LogP contribution in [0.4, 0.5) is 0 Å². The number of nitrogens with one attached hydrogen (secondary N) is 1. The molecule has 1 N–H and O–H groups in total. The lowest BCUT2D eigenvalue weighted by molar-refractivity contribution is 0.0937. The third kappa shape index (κ3) is 2.86. The molecule has 0 aliphatic heterocycles. The zero-order valence-corrected chi connectivity index (χ0v) is 12.0. The quantitative estimate of drug-likeness (QED) is 0.901. The van der Waals surface area contributed by atoms with Crippen molar-refractivity contribution in [3.8, 4) is 5.75 Å². The van der Waals surface area contributed by atoms with Crippen LogP contribution in [0.3, 0.4) is 0 Å². The minimum Gasteiger partial charge on any atom is -0.497 e. The molecule has 7 heteroatoms. The molecule has 3 rings (SSSR count). The number of carbonyl (C=O) groups is 1. The predicted octanol–water partition coefficient (Wildman–Crippen LogP) is 1.51. The van der Waals surface area contributed by atoms with E-state index in [0.29, 0.717) is 17.4 Å². The largest absolute Gasteiger partial charge is 0.497 e. The Balaban J connectivity index is 1.69. The molecule has 0 unspecified atom stereocenters. The van der Waals surface area contributed by atoms with E-state index in [4.69, 9.17) is 4.74 Å². The molecule has 1 aliphatic rings. The molecule has 1 atom stereocenters. The third-order valence-corrected chi connectivity index (χ3v) is 3.50. The standard InChI is InChI=1S/C14H17N5O2/c1-9(13-16-17-18-19(13)11-5-6-11)15-14(20)10-3-7-12(21-2)8-4-10/h3-4,7-9,11H,5-6H2,1-2H3,(H,15,20)/t9-/m1/s1. The predicted molar refractivity (Wildman–Crippen MR) is 75.0 cm³/mol. The lowest BCUT2D eigenvalue weighted by Gasteiger charge is -2.13. The van der Waals surface area contributed by atoms with Crippen LogP contribution in [0.2, 0.25) is 0 Å². The molecule has 1 heterocycles. The number of amides is 1. The molecule has 110 valence electrons. The van der Waals surface area contributed by atoms with E-state index in [2.05, 4.69) is 20.8 Å². The minimum atomic E-state index is -0.241. The highest BCUT2D eigenvalue weighted by molar-refractivity contribution is 5.94. The first-order chi connectivity index (χ1) is 10.2. The summed E-state index contributed by atoms with van der Waals surface area (Å²) in [4.78, 5) is 12.2. The molecule has 1 amide bonds. The van der Waals surface area contributed by atoms with Crippen molar-refractivity contribution in [3.05, 3.63) is 35.7 Å². The molecule has 1 aromatic carbocycles. The highest BCUT2D eigenvalue weighted by atomic mass is 16.5. The van der Waals surface area contributed by atoms with Crippen molar-refractivity contribution in [2.24, 2.45) is 0 Å². The van der Waals surface area contributed by atoms with Gasteiger partial charge >= 0.3 is 0 Å². The van der Waals surface area contributed by atoms with Crippen molar-refractivity contribution in [1.29, 1.82) is 0 Å². The summed E-state index contributed by atoms with van der Waals surface area (Å²) in [6.45, 7) is 1.88. The number of carbonyl (C=O) groups excluding carboxylic acids is 1. The average Bonchev–Trinajstić information content (AvgIpc) is 3.24. The van der Waals surface area contributed by atoms with Gasteiger partial charge < -0.3 is 10.1 Å². The maximum atomic E-state index is 12.2. The molecule has 2 aromatic rings. The van der Waals surface area contributed by atoms with Crippen LogP contribution in [0, 0.1) is 0 Å². The Labute approximate surface area is 122 Å². The van der Waals surface area contributed by atoms with Crippen LogP contribution < -0.4 is 10.1 Å². The third-order valence-electron chi connectivity index (χ3n) is 3.50. The van der Waals surface area contributed by atoms with Crippen molar-refractivity contribution in [1.82, 2.24) is 25.5 Å². The molecule has 1 saturated carbocycles. The van der Waals surface area contributed by atoms with E-state index in [0.717, 1.165) is 18.6 Å². The van der Waals surface area contributed by atoms with Gasteiger partial charge in [-0.25, -0.2) is 4.68 Å². The highest BCUT2D eigenvalue weighted by Crippen LogP contribution is 2.35. The summed E-state index contributed by atoms with van der Waals surface area (Å²) < 4.78 is 6.88. The van der Waals surface area contributed by atoms with E-state index in [-0.39, 0.29) is 11.9 Å². The topological polar surface area (TPSA) is 81.9 Å². The smallest absolute Gasteiger partial charge is 0.251 e. The number of methoxy groups -OCH3 is 1. The molecule has 0 spiro atoms. The van der Waals surface area contributed by atoms with Gasteiger partial charge in [0.15, 0.2) is 5.82 Å². The maximum absolute atomic E-state index is 12.2. The van der Waals surface area contributed by atoms with Gasteiger partial charge in [0.25, 0.3) is 5.91 Å². The van der Waals surface area contributed by atoms with Gasteiger partial charge in [0, 0.05) is 5.56 Å². The van der Waals surface area contributed by atoms with E-state index in [1.54, 1.807) is 36.1 Å². The van der Waals surface area contributed by atoms with Gasteiger partial charge in [-0.05, 0) is 54.5 Å². The van der Waals surface area contributed by atoms with Crippen LogP contribution in [-0.4, -0.2) is 33.2 Å². The van der Waals surface area contributed by atoms with Gasteiger partial charge in [0.05, 0.1) is 19.2 Å². The molecule has 1 fully saturated rings. The van der Waals surface area contributed by atoms with Crippen molar-refractivity contribution < 1.29 is 9.53 Å². The molecule has 7 nitrogen and oxygen atoms in total. The normalized spacial score (nSPS) is 15.5. The van der Waals surface area contributed by atoms with E-state index >= 15 is 0 Å². The molecule has 1 aromatic heterocycles. The second kappa shape index (κ2) is 5.51. The SMILES string of the molecule is COc1ccc(C(=O)N[C@H](C)c2nnnn2C2CC2)cc1. The molecule has 0 radical (unpaired) electrons. The Kier molecular flexibility index (Phi) is 3.55. The van der Waals surface area contributed by atoms with E-state index in [1.165, 1.54) is 0 Å². The summed E-state index contributed by atoms with van der Waals surface area (Å²) in [5, 5.41) is 14.6. The average molecular weight is 287 g/mol. The summed E-state index contributed by atoms with van der Waals surface area (Å²) in [6, 6.07) is 7.11. The summed E-state index contributed by atoms with van der Waals surface area (Å²) in [6.07, 6.45) is 2.19. The van der Waals surface area contributed by atoms with Crippen LogP contribution in [0.15, 0.2) is 24.3 Å². The summed E-state index contributed by atoms with van der Waals surface area (Å²) in [5.41, 5.74) is 0.577. The second-order valence-electron chi connectivity index (χ2n) is 5.14. The number of tetrazole rings is 1. The Bertz CT molecular complexity index is 633. The highest BCUT2D eigenvalue weighted by Gasteiger charge is 2.29. The zero-order valence-electron chi connectivity index (χ0n) is 12.0. The fourth-order valence-corrected chi connectivity index (χ4v) is 2.15. The molecule has 0 saturated heterocycles. The van der Waals surface area contributed by atoms with Gasteiger partial charge in [0.2, 0.25) is 0 Å². The van der Waals surface area contributed by atoms with E-state index < -0.39 is 0 Å². The molecule has 0 bridgehead atoms. The van der Waals surface area contributed by atoms with Gasteiger partial charge in [-0.15, -0.1) is 5.10 Å². The minimum absolute atomic E-state index is 0.157. The van der Waals surface area contributed by atoms with Crippen molar-refractivity contribution >= 4 is 5.91 Å². The van der Waals surface area contributed by atoms with Crippen LogP contribution in [-0.2, 0) is 0 Å². The number of ether oxygens (including phenoxy) is 1. The lowest BCUT2D eigenvalue weighted by Crippen LogP contribution is -2.28. The number of hydrogen-bond acceptors (Lipinski definition) is 5. The monoisotopic (exact) mass is 287 g/mol. The number of benzene rings is 1. The van der Waals surface area contributed by atoms with Crippen LogP contribution >= 0.6 is 0 Å². The van der Waals surface area contributed by atoms with E-state index in [9.17, 15) is 4.79 Å². The first-order valence-electron chi connectivity index (χ1n) is 6.91. The number of rotatable bonds is 5. The van der Waals surface area contributed by atoms with Crippen LogP contribution in [0.1, 0.15) is 48.0 Å². The van der Waals surface area contributed by atoms with Gasteiger partial charge in [-0.3, -0.25) is 4.79 Å². The summed E-state index contributed by atoms with van der Waals surface area (Å²) >= 11 is 0. The van der Waals surface area contributed by atoms with E-state index in [1.807, 2.05) is 6.92 Å². The Morgan fingerprint density at radius 3 is 2.71 bits per heavy atom. The van der Waals surface area contributed by atoms with Crippen LogP contribution in [0.5, 0.6) is 5.75 Å². The Morgan fingerprint density at radius 1 is 1.38 bits per heavy atom. The fourth-order valence-electron chi connectivity index (χ4n) is 2.15. The maximum Gasteiger partial charge on any atom is 0.251 e. The van der Waals surface area contributed by atoms with Gasteiger partial charge in [0.1, 0.15) is 5.75 Å². The van der Waals surface area contributed by atoms with Crippen molar-refractivity contribution in [2.45, 2.75) is 31.8 Å². The first kappa shape index (κ1) is 13.5. The fraction of sp³-hybridized carbons (Fsp3) is 0.429. The lowest BCUT2D eigenvalue weighted by atomic mass is 10.2. The second-order valence-corrected chi connectivity index (χ2v) is 5.14. The Morgan fingerprint density at radius 2 is 2.10 bits per heavy atom. The first-order valence-corrected chi connectivity index (χ1v) is 6.91. The summed E-state index contributed by atoms with van der Waals surface area (Å²) in [7, 11) is 1.59. The number of aromatic nitrogens is 4.